The molecule has 0 saturated heterocycles. The summed E-state index contributed by atoms with van der Waals surface area (Å²) in [6.07, 6.45) is 2.75. The number of nitriles is 1. The number of hydrogen-bond acceptors (Lipinski definition) is 6. The van der Waals surface area contributed by atoms with Crippen LogP contribution in [0.3, 0.4) is 0 Å². The van der Waals surface area contributed by atoms with Crippen LogP contribution in [0.25, 0.3) is 11.7 Å². The number of anilines is 1. The summed E-state index contributed by atoms with van der Waals surface area (Å²) in [5.74, 6) is 0.440. The predicted molar refractivity (Wildman–Crippen MR) is 128 cm³/mol. The molecule has 0 aliphatic heterocycles. The van der Waals surface area contributed by atoms with E-state index in [1.807, 2.05) is 19.1 Å². The van der Waals surface area contributed by atoms with Gasteiger partial charge in [0.2, 0.25) is 5.88 Å². The lowest BCUT2D eigenvalue weighted by atomic mass is 10.1. The molecule has 8 nitrogen and oxygen atoms in total. The van der Waals surface area contributed by atoms with Crippen molar-refractivity contribution in [3.05, 3.63) is 100 Å². The zero-order chi connectivity index (χ0) is 23.9. The summed E-state index contributed by atoms with van der Waals surface area (Å²) < 4.78 is 12.6. The maximum atomic E-state index is 13.2. The van der Waals surface area contributed by atoms with Crippen molar-refractivity contribution in [1.82, 2.24) is 9.38 Å². The quantitative estimate of drug-likeness (QED) is 0.328. The molecule has 1 amide bonds. The number of rotatable bonds is 7. The molecule has 0 fully saturated rings. The fraction of sp³-hybridized carbons (Fsp3) is 0.0769. The van der Waals surface area contributed by atoms with Crippen LogP contribution in [0.2, 0.25) is 0 Å². The maximum absolute atomic E-state index is 13.2. The SMILES string of the molecule is CCOc1ccc(NC(=O)C(C#N)=Cc2c(Oc3ccccc3)nc3ccccn3c2=O)cc1. The van der Waals surface area contributed by atoms with Crippen molar-refractivity contribution in [3.8, 4) is 23.4 Å². The highest BCUT2D eigenvalue weighted by Crippen LogP contribution is 2.24. The Bertz CT molecular complexity index is 1450. The van der Waals surface area contributed by atoms with E-state index in [4.69, 9.17) is 9.47 Å². The van der Waals surface area contributed by atoms with E-state index in [2.05, 4.69) is 10.3 Å². The highest BCUT2D eigenvalue weighted by Gasteiger charge is 2.17. The van der Waals surface area contributed by atoms with Crippen LogP contribution in [0, 0.1) is 11.3 Å². The van der Waals surface area contributed by atoms with Crippen molar-refractivity contribution in [2.45, 2.75) is 6.92 Å². The maximum Gasteiger partial charge on any atom is 0.269 e. The topological polar surface area (TPSA) is 106 Å². The number of ether oxygens (including phenoxy) is 2. The molecule has 0 bridgehead atoms. The van der Waals surface area contributed by atoms with E-state index >= 15 is 0 Å². The Balaban J connectivity index is 1.72. The Labute approximate surface area is 195 Å². The number of para-hydroxylation sites is 1. The van der Waals surface area contributed by atoms with E-state index in [1.165, 1.54) is 10.5 Å². The standard InChI is InChI=1S/C26H20N4O4/c1-2-33-20-13-11-19(12-14-20)28-24(31)18(17-27)16-22-25(34-21-8-4-3-5-9-21)29-23-10-6-7-15-30(23)26(22)32/h3-16H,2H2,1H3,(H,28,31). The summed E-state index contributed by atoms with van der Waals surface area (Å²) in [4.78, 5) is 30.4. The first-order valence-electron chi connectivity index (χ1n) is 10.5. The number of benzene rings is 2. The van der Waals surface area contributed by atoms with Gasteiger partial charge >= 0.3 is 0 Å². The molecule has 2 aromatic carbocycles. The van der Waals surface area contributed by atoms with Gasteiger partial charge in [0.05, 0.1) is 6.61 Å². The monoisotopic (exact) mass is 452 g/mol. The van der Waals surface area contributed by atoms with E-state index in [0.717, 1.165) is 0 Å². The van der Waals surface area contributed by atoms with Crippen LogP contribution in [0.4, 0.5) is 5.69 Å². The van der Waals surface area contributed by atoms with Crippen molar-refractivity contribution in [1.29, 1.82) is 5.26 Å². The molecule has 0 aliphatic rings. The van der Waals surface area contributed by atoms with Crippen LogP contribution in [-0.2, 0) is 4.79 Å². The van der Waals surface area contributed by atoms with Gasteiger partial charge in [-0.25, -0.2) is 0 Å². The third-order valence-corrected chi connectivity index (χ3v) is 4.77. The van der Waals surface area contributed by atoms with Crippen LogP contribution in [-0.4, -0.2) is 21.9 Å². The Morgan fingerprint density at radius 3 is 2.50 bits per heavy atom. The summed E-state index contributed by atoms with van der Waals surface area (Å²) in [5.41, 5.74) is 0.0716. The van der Waals surface area contributed by atoms with Crippen molar-refractivity contribution in [2.24, 2.45) is 0 Å². The number of aromatic nitrogens is 2. The third-order valence-electron chi connectivity index (χ3n) is 4.77. The lowest BCUT2D eigenvalue weighted by Crippen LogP contribution is -2.20. The molecule has 0 aliphatic carbocycles. The Morgan fingerprint density at radius 1 is 1.06 bits per heavy atom. The van der Waals surface area contributed by atoms with Crippen molar-refractivity contribution >= 4 is 23.3 Å². The van der Waals surface area contributed by atoms with E-state index in [9.17, 15) is 14.9 Å². The number of pyridine rings is 1. The van der Waals surface area contributed by atoms with Crippen LogP contribution in [0.5, 0.6) is 17.4 Å². The minimum atomic E-state index is -0.671. The van der Waals surface area contributed by atoms with E-state index in [-0.39, 0.29) is 17.0 Å². The van der Waals surface area contributed by atoms with Crippen LogP contribution >= 0.6 is 0 Å². The zero-order valence-electron chi connectivity index (χ0n) is 18.3. The third kappa shape index (κ3) is 4.95. The van der Waals surface area contributed by atoms with Gasteiger partial charge in [0.25, 0.3) is 11.5 Å². The molecule has 1 N–H and O–H groups in total. The molecule has 0 spiro atoms. The summed E-state index contributed by atoms with van der Waals surface area (Å²) in [6, 6.07) is 22.5. The molecule has 0 unspecified atom stereocenters. The van der Waals surface area contributed by atoms with Crippen LogP contribution in [0.1, 0.15) is 12.5 Å². The molecule has 168 valence electrons. The lowest BCUT2D eigenvalue weighted by Gasteiger charge is -2.10. The molecule has 0 atom stereocenters. The first-order valence-corrected chi connectivity index (χ1v) is 10.5. The summed E-state index contributed by atoms with van der Waals surface area (Å²) >= 11 is 0. The summed E-state index contributed by atoms with van der Waals surface area (Å²) in [5, 5.41) is 12.3. The largest absolute Gasteiger partial charge is 0.494 e. The van der Waals surface area contributed by atoms with Crippen LogP contribution in [0.15, 0.2) is 89.4 Å². The van der Waals surface area contributed by atoms with Gasteiger partial charge in [-0.05, 0) is 61.5 Å². The van der Waals surface area contributed by atoms with Crippen molar-refractivity contribution < 1.29 is 14.3 Å². The second-order valence-corrected chi connectivity index (χ2v) is 7.06. The first kappa shape index (κ1) is 22.3. The zero-order valence-corrected chi connectivity index (χ0v) is 18.3. The number of nitrogens with one attached hydrogen (secondary N) is 1. The Kier molecular flexibility index (Phi) is 6.65. The molecule has 0 saturated carbocycles. The van der Waals surface area contributed by atoms with Crippen molar-refractivity contribution in [3.63, 3.8) is 0 Å². The minimum Gasteiger partial charge on any atom is -0.494 e. The highest BCUT2D eigenvalue weighted by atomic mass is 16.5. The van der Waals surface area contributed by atoms with Crippen LogP contribution < -0.4 is 20.3 Å². The van der Waals surface area contributed by atoms with Crippen molar-refractivity contribution in [2.75, 3.05) is 11.9 Å². The number of fused-ring (bicyclic) bond motifs is 1. The van der Waals surface area contributed by atoms with E-state index in [1.54, 1.807) is 72.9 Å². The fourth-order valence-corrected chi connectivity index (χ4v) is 3.18. The van der Waals surface area contributed by atoms with Gasteiger partial charge in [0.15, 0.2) is 0 Å². The lowest BCUT2D eigenvalue weighted by molar-refractivity contribution is -0.112. The fourth-order valence-electron chi connectivity index (χ4n) is 3.18. The summed E-state index contributed by atoms with van der Waals surface area (Å²) in [6.45, 7) is 2.40. The van der Waals surface area contributed by atoms with Gasteiger partial charge < -0.3 is 14.8 Å². The molecular formula is C26H20N4O4. The molecule has 4 aromatic rings. The normalized spacial score (nSPS) is 11.0. The van der Waals surface area contributed by atoms with E-state index < -0.39 is 11.5 Å². The Morgan fingerprint density at radius 2 is 1.79 bits per heavy atom. The number of carbonyl (C=O) groups is 1. The molecule has 8 heteroatoms. The average Bonchev–Trinajstić information content (AvgIpc) is 2.86. The number of hydrogen-bond donors (Lipinski definition) is 1. The average molecular weight is 452 g/mol. The molecule has 4 rings (SSSR count). The molecule has 2 aromatic heterocycles. The number of nitrogens with zero attached hydrogens (tertiary/aromatic N) is 3. The molecule has 0 radical (unpaired) electrons. The molecule has 2 heterocycles. The number of amides is 1. The minimum absolute atomic E-state index is 0.0102. The molecular weight excluding hydrogens is 432 g/mol. The van der Waals surface area contributed by atoms with Gasteiger partial charge in [-0.1, -0.05) is 24.3 Å². The Hall–Kier alpha value is -4.90. The summed E-state index contributed by atoms with van der Waals surface area (Å²) in [7, 11) is 0. The van der Waals surface area contributed by atoms with Gasteiger partial charge in [0, 0.05) is 11.9 Å². The number of carbonyl (C=O) groups excluding carboxylic acids is 1. The van der Waals surface area contributed by atoms with Gasteiger partial charge in [-0.2, -0.15) is 10.2 Å². The van der Waals surface area contributed by atoms with Gasteiger partial charge in [-0.3, -0.25) is 14.0 Å². The van der Waals surface area contributed by atoms with E-state index in [0.29, 0.717) is 29.4 Å². The molecule has 34 heavy (non-hydrogen) atoms. The second-order valence-electron chi connectivity index (χ2n) is 7.06. The van der Waals surface area contributed by atoms with Gasteiger partial charge in [-0.15, -0.1) is 0 Å². The predicted octanol–water partition coefficient (Wildman–Crippen LogP) is 4.43. The van der Waals surface area contributed by atoms with Gasteiger partial charge in [0.1, 0.15) is 34.4 Å². The first-order chi connectivity index (χ1) is 16.6. The smallest absolute Gasteiger partial charge is 0.269 e. The highest BCUT2D eigenvalue weighted by molar-refractivity contribution is 6.09. The second kappa shape index (κ2) is 10.1.